The fraction of sp³-hybridized carbons (Fsp3) is 0.286. The van der Waals surface area contributed by atoms with Gasteiger partial charge in [-0.05, 0) is 19.1 Å². The summed E-state index contributed by atoms with van der Waals surface area (Å²) >= 11 is 0. The van der Waals surface area contributed by atoms with Gasteiger partial charge >= 0.3 is 5.97 Å². The van der Waals surface area contributed by atoms with Gasteiger partial charge in [0.05, 0.1) is 14.2 Å². The van der Waals surface area contributed by atoms with E-state index in [4.69, 9.17) is 15.2 Å². The number of nitrogens with one attached hydrogen (secondary N) is 1. The summed E-state index contributed by atoms with van der Waals surface area (Å²) in [6.07, 6.45) is 0. The van der Waals surface area contributed by atoms with Crippen molar-refractivity contribution in [3.63, 3.8) is 0 Å². The second kappa shape index (κ2) is 6.17. The SMILES string of the molecule is CCNc1nn(-c2ccccc2OC)c(N)c1C(=O)OC. The number of carbonyl (C=O) groups excluding carboxylic acids is 1. The minimum Gasteiger partial charge on any atom is -0.494 e. The predicted molar refractivity (Wildman–Crippen MR) is 80.0 cm³/mol. The highest BCUT2D eigenvalue weighted by Gasteiger charge is 2.24. The highest BCUT2D eigenvalue weighted by Crippen LogP contribution is 2.29. The van der Waals surface area contributed by atoms with Gasteiger partial charge in [0.1, 0.15) is 22.8 Å². The lowest BCUT2D eigenvalue weighted by molar-refractivity contribution is 0.0603. The topological polar surface area (TPSA) is 91.4 Å². The van der Waals surface area contributed by atoms with E-state index in [-0.39, 0.29) is 11.4 Å². The predicted octanol–water partition coefficient (Wildman–Crippen LogP) is 1.68. The number of benzene rings is 1. The van der Waals surface area contributed by atoms with E-state index in [0.717, 1.165) is 0 Å². The molecule has 1 aromatic heterocycles. The molecule has 0 saturated heterocycles. The highest BCUT2D eigenvalue weighted by molar-refractivity contribution is 6.00. The first-order valence-electron chi connectivity index (χ1n) is 6.48. The van der Waals surface area contributed by atoms with Crippen LogP contribution >= 0.6 is 0 Å². The van der Waals surface area contributed by atoms with Crippen LogP contribution in [0.4, 0.5) is 11.6 Å². The van der Waals surface area contributed by atoms with E-state index in [1.165, 1.54) is 11.8 Å². The number of nitrogens with two attached hydrogens (primary N) is 1. The second-order valence-electron chi connectivity index (χ2n) is 4.21. The van der Waals surface area contributed by atoms with Crippen LogP contribution in [0.2, 0.25) is 0 Å². The number of esters is 1. The number of aromatic nitrogens is 2. The molecule has 0 atom stereocenters. The van der Waals surface area contributed by atoms with Gasteiger partial charge in [-0.1, -0.05) is 12.1 Å². The van der Waals surface area contributed by atoms with Gasteiger partial charge in [-0.3, -0.25) is 0 Å². The third kappa shape index (κ3) is 2.62. The molecule has 7 nitrogen and oxygen atoms in total. The van der Waals surface area contributed by atoms with E-state index in [0.29, 0.717) is 23.8 Å². The molecule has 21 heavy (non-hydrogen) atoms. The van der Waals surface area contributed by atoms with E-state index in [9.17, 15) is 4.79 Å². The molecular formula is C14H18N4O3. The average molecular weight is 290 g/mol. The van der Waals surface area contributed by atoms with Gasteiger partial charge in [0.2, 0.25) is 0 Å². The fourth-order valence-electron chi connectivity index (χ4n) is 2.01. The summed E-state index contributed by atoms with van der Waals surface area (Å²) in [6, 6.07) is 7.28. The van der Waals surface area contributed by atoms with Crippen LogP contribution < -0.4 is 15.8 Å². The Labute approximate surface area is 122 Å². The summed E-state index contributed by atoms with van der Waals surface area (Å²) < 4.78 is 11.5. The molecule has 7 heteroatoms. The molecule has 0 spiro atoms. The molecule has 0 fully saturated rings. The molecule has 0 saturated carbocycles. The molecule has 1 aromatic carbocycles. The van der Waals surface area contributed by atoms with E-state index in [2.05, 4.69) is 10.4 Å². The van der Waals surface area contributed by atoms with E-state index in [1.807, 2.05) is 19.1 Å². The molecule has 0 aliphatic rings. The Kier molecular flexibility index (Phi) is 4.32. The van der Waals surface area contributed by atoms with E-state index >= 15 is 0 Å². The molecular weight excluding hydrogens is 272 g/mol. The van der Waals surface area contributed by atoms with Gasteiger partial charge < -0.3 is 20.5 Å². The standard InChI is InChI=1S/C14H18N4O3/c1-4-16-13-11(14(19)21-3)12(15)18(17-13)9-7-5-6-8-10(9)20-2/h5-8H,4,15H2,1-3H3,(H,16,17). The summed E-state index contributed by atoms with van der Waals surface area (Å²) in [4.78, 5) is 11.9. The molecule has 2 aromatic rings. The lowest BCUT2D eigenvalue weighted by Crippen LogP contribution is -2.09. The van der Waals surface area contributed by atoms with Crippen LogP contribution in [0.3, 0.4) is 0 Å². The number of rotatable bonds is 5. The third-order valence-electron chi connectivity index (χ3n) is 2.97. The van der Waals surface area contributed by atoms with Gasteiger partial charge in [0.15, 0.2) is 5.82 Å². The van der Waals surface area contributed by atoms with Crippen molar-refractivity contribution in [2.24, 2.45) is 0 Å². The van der Waals surface area contributed by atoms with E-state index in [1.54, 1.807) is 19.2 Å². The summed E-state index contributed by atoms with van der Waals surface area (Å²) in [5.41, 5.74) is 6.93. The van der Waals surface area contributed by atoms with Crippen LogP contribution in [0.5, 0.6) is 5.75 Å². The van der Waals surface area contributed by atoms with Crippen molar-refractivity contribution in [1.82, 2.24) is 9.78 Å². The molecule has 1 heterocycles. The Bertz CT molecular complexity index is 652. The number of methoxy groups -OCH3 is 2. The van der Waals surface area contributed by atoms with Crippen LogP contribution in [0.25, 0.3) is 5.69 Å². The molecule has 0 bridgehead atoms. The first-order chi connectivity index (χ1) is 10.1. The maximum Gasteiger partial charge on any atom is 0.345 e. The number of nitrogens with zero attached hydrogens (tertiary/aromatic N) is 2. The number of hydrogen-bond acceptors (Lipinski definition) is 6. The van der Waals surface area contributed by atoms with Gasteiger partial charge in [-0.2, -0.15) is 0 Å². The van der Waals surface area contributed by atoms with Crippen molar-refractivity contribution in [2.75, 3.05) is 31.8 Å². The second-order valence-corrected chi connectivity index (χ2v) is 4.21. The molecule has 2 rings (SSSR count). The zero-order chi connectivity index (χ0) is 15.4. The van der Waals surface area contributed by atoms with Crippen molar-refractivity contribution in [1.29, 1.82) is 0 Å². The molecule has 0 amide bonds. The van der Waals surface area contributed by atoms with Crippen LogP contribution in [-0.4, -0.2) is 36.5 Å². The minimum absolute atomic E-state index is 0.197. The molecule has 0 radical (unpaired) electrons. The summed E-state index contributed by atoms with van der Waals surface area (Å²) in [6.45, 7) is 2.51. The molecule has 3 N–H and O–H groups in total. The number of nitrogen functional groups attached to an aromatic ring is 1. The van der Waals surface area contributed by atoms with Crippen molar-refractivity contribution in [3.8, 4) is 11.4 Å². The molecule has 0 unspecified atom stereocenters. The van der Waals surface area contributed by atoms with Crippen molar-refractivity contribution in [3.05, 3.63) is 29.8 Å². The maximum atomic E-state index is 11.9. The summed E-state index contributed by atoms with van der Waals surface area (Å²) in [5, 5.41) is 7.35. The normalized spacial score (nSPS) is 10.2. The van der Waals surface area contributed by atoms with Gasteiger partial charge in [-0.25, -0.2) is 9.48 Å². The molecule has 112 valence electrons. The lowest BCUT2D eigenvalue weighted by Gasteiger charge is -2.09. The van der Waals surface area contributed by atoms with Gasteiger partial charge in [0.25, 0.3) is 0 Å². The minimum atomic E-state index is -0.537. The summed E-state index contributed by atoms with van der Waals surface area (Å²) in [7, 11) is 2.86. The van der Waals surface area contributed by atoms with Gasteiger partial charge in [0, 0.05) is 6.54 Å². The zero-order valence-corrected chi connectivity index (χ0v) is 12.2. The van der Waals surface area contributed by atoms with Crippen molar-refractivity contribution >= 4 is 17.6 Å². The number of carbonyl (C=O) groups is 1. The Morgan fingerprint density at radius 1 is 1.38 bits per heavy atom. The molecule has 0 aliphatic heterocycles. The number of hydrogen-bond donors (Lipinski definition) is 2. The van der Waals surface area contributed by atoms with Crippen LogP contribution in [0, 0.1) is 0 Å². The Hall–Kier alpha value is -2.70. The van der Waals surface area contributed by atoms with Crippen molar-refractivity contribution < 1.29 is 14.3 Å². The largest absolute Gasteiger partial charge is 0.494 e. The lowest BCUT2D eigenvalue weighted by atomic mass is 10.2. The first kappa shape index (κ1) is 14.7. The number of anilines is 2. The zero-order valence-electron chi connectivity index (χ0n) is 12.2. The Balaban J connectivity index is 2.62. The highest BCUT2D eigenvalue weighted by atomic mass is 16.5. The van der Waals surface area contributed by atoms with E-state index < -0.39 is 5.97 Å². The Morgan fingerprint density at radius 3 is 2.71 bits per heavy atom. The number of para-hydroxylation sites is 2. The Morgan fingerprint density at radius 2 is 2.10 bits per heavy atom. The first-order valence-corrected chi connectivity index (χ1v) is 6.48. The summed E-state index contributed by atoms with van der Waals surface area (Å²) in [5.74, 6) is 0.644. The average Bonchev–Trinajstić information content (AvgIpc) is 2.83. The third-order valence-corrected chi connectivity index (χ3v) is 2.97. The quantitative estimate of drug-likeness (QED) is 0.814. The van der Waals surface area contributed by atoms with Crippen LogP contribution in [0.1, 0.15) is 17.3 Å². The smallest absolute Gasteiger partial charge is 0.345 e. The monoisotopic (exact) mass is 290 g/mol. The van der Waals surface area contributed by atoms with Crippen molar-refractivity contribution in [2.45, 2.75) is 6.92 Å². The van der Waals surface area contributed by atoms with Crippen LogP contribution in [0.15, 0.2) is 24.3 Å². The van der Waals surface area contributed by atoms with Crippen LogP contribution in [-0.2, 0) is 4.74 Å². The maximum absolute atomic E-state index is 11.9. The fourth-order valence-corrected chi connectivity index (χ4v) is 2.01. The van der Waals surface area contributed by atoms with Gasteiger partial charge in [-0.15, -0.1) is 5.10 Å². The number of ether oxygens (including phenoxy) is 2. The molecule has 0 aliphatic carbocycles.